The van der Waals surface area contributed by atoms with Crippen LogP contribution in [0.5, 0.6) is 0 Å². The second-order valence-electron chi connectivity index (χ2n) is 3.52. The molecule has 0 unspecified atom stereocenters. The number of hydrogen-bond donors (Lipinski definition) is 2. The van der Waals surface area contributed by atoms with Crippen LogP contribution in [0.3, 0.4) is 0 Å². The number of allylic oxidation sites excluding steroid dienone is 1. The van der Waals surface area contributed by atoms with Crippen LogP contribution in [0, 0.1) is 22.7 Å². The van der Waals surface area contributed by atoms with Gasteiger partial charge in [-0.2, -0.15) is 10.5 Å². The smallest absolute Gasteiger partial charge is 0.224 e. The van der Waals surface area contributed by atoms with Crippen LogP contribution < -0.4 is 10.6 Å². The third-order valence-electron chi connectivity index (χ3n) is 2.19. The number of nitrogens with zero attached hydrogens (tertiary/aromatic N) is 2. The van der Waals surface area contributed by atoms with E-state index in [0.717, 1.165) is 0 Å². The number of amides is 1. The topological polar surface area (TPSA) is 88.7 Å². The molecule has 0 fully saturated rings. The fraction of sp³-hybridized carbons (Fsp3) is 0.154. The van der Waals surface area contributed by atoms with Crippen LogP contribution in [-0.2, 0) is 4.79 Å². The van der Waals surface area contributed by atoms with Crippen LogP contribution in [0.1, 0.15) is 13.3 Å². The first-order valence-electron chi connectivity index (χ1n) is 5.47. The summed E-state index contributed by atoms with van der Waals surface area (Å²) in [6.45, 7) is 1.75. The molecular formula is C13H11ClN4O. The fourth-order valence-corrected chi connectivity index (χ4v) is 1.42. The number of carbonyl (C=O) groups excluding carboxylic acids is 1. The molecule has 0 saturated heterocycles. The van der Waals surface area contributed by atoms with Crippen molar-refractivity contribution in [3.05, 3.63) is 35.0 Å². The third-order valence-corrected chi connectivity index (χ3v) is 2.50. The zero-order valence-electron chi connectivity index (χ0n) is 10.2. The van der Waals surface area contributed by atoms with Crippen molar-refractivity contribution in [1.82, 2.24) is 0 Å². The van der Waals surface area contributed by atoms with Crippen molar-refractivity contribution in [2.45, 2.75) is 13.3 Å². The molecule has 2 N–H and O–H groups in total. The van der Waals surface area contributed by atoms with E-state index in [0.29, 0.717) is 22.8 Å². The van der Waals surface area contributed by atoms with E-state index in [2.05, 4.69) is 10.6 Å². The van der Waals surface area contributed by atoms with E-state index in [1.54, 1.807) is 37.3 Å². The summed E-state index contributed by atoms with van der Waals surface area (Å²) in [5.41, 5.74) is 1.09. The first kappa shape index (κ1) is 14.6. The van der Waals surface area contributed by atoms with Crippen molar-refractivity contribution in [3.8, 4) is 12.1 Å². The van der Waals surface area contributed by atoms with Gasteiger partial charge < -0.3 is 10.6 Å². The van der Waals surface area contributed by atoms with Crippen LogP contribution in [-0.4, -0.2) is 5.91 Å². The van der Waals surface area contributed by atoms with Crippen LogP contribution in [0.2, 0.25) is 5.02 Å². The molecule has 0 aliphatic carbocycles. The van der Waals surface area contributed by atoms with E-state index in [1.165, 1.54) is 6.20 Å². The Morgan fingerprint density at radius 2 is 2.11 bits per heavy atom. The average molecular weight is 275 g/mol. The van der Waals surface area contributed by atoms with Crippen molar-refractivity contribution in [2.24, 2.45) is 0 Å². The van der Waals surface area contributed by atoms with Crippen molar-refractivity contribution >= 4 is 28.9 Å². The zero-order valence-corrected chi connectivity index (χ0v) is 11.0. The normalized spacial score (nSPS) is 8.84. The summed E-state index contributed by atoms with van der Waals surface area (Å²) in [4.78, 5) is 11.2. The summed E-state index contributed by atoms with van der Waals surface area (Å²) in [5, 5.41) is 23.0. The van der Waals surface area contributed by atoms with Gasteiger partial charge in [0.15, 0.2) is 0 Å². The second-order valence-corrected chi connectivity index (χ2v) is 3.93. The maximum Gasteiger partial charge on any atom is 0.224 e. The lowest BCUT2D eigenvalue weighted by molar-refractivity contribution is -0.115. The van der Waals surface area contributed by atoms with E-state index >= 15 is 0 Å². The van der Waals surface area contributed by atoms with Gasteiger partial charge in [0.05, 0.1) is 10.7 Å². The van der Waals surface area contributed by atoms with Gasteiger partial charge >= 0.3 is 0 Å². The summed E-state index contributed by atoms with van der Waals surface area (Å²) >= 11 is 6.01. The van der Waals surface area contributed by atoms with Crippen molar-refractivity contribution < 1.29 is 4.79 Å². The van der Waals surface area contributed by atoms with Gasteiger partial charge in [-0.3, -0.25) is 4.79 Å². The molecule has 5 nitrogen and oxygen atoms in total. The molecule has 1 aromatic carbocycles. The van der Waals surface area contributed by atoms with Crippen LogP contribution >= 0.6 is 11.6 Å². The summed E-state index contributed by atoms with van der Waals surface area (Å²) in [6, 6.07) is 8.38. The summed E-state index contributed by atoms with van der Waals surface area (Å²) < 4.78 is 0. The second kappa shape index (κ2) is 7.05. The Balaban J connectivity index is 2.84. The largest absolute Gasteiger partial charge is 0.360 e. The Labute approximate surface area is 116 Å². The maximum absolute atomic E-state index is 11.2. The van der Waals surface area contributed by atoms with Crippen LogP contribution in [0.25, 0.3) is 0 Å². The third kappa shape index (κ3) is 4.34. The number of rotatable bonds is 4. The monoisotopic (exact) mass is 274 g/mol. The molecule has 0 atom stereocenters. The number of anilines is 2. The Hall–Kier alpha value is -2.50. The highest BCUT2D eigenvalue weighted by Gasteiger charge is 2.04. The summed E-state index contributed by atoms with van der Waals surface area (Å²) in [6.07, 6.45) is 1.66. The molecule has 0 spiro atoms. The van der Waals surface area contributed by atoms with Gasteiger partial charge in [-0.1, -0.05) is 18.5 Å². The molecule has 96 valence electrons. The molecule has 6 heteroatoms. The number of nitriles is 2. The standard InChI is InChI=1S/C13H11ClN4O/c1-2-13(19)18-12-4-3-10(5-11(12)14)17-8-9(6-15)7-16/h3-5,8,17H,2H2,1H3,(H,18,19). The lowest BCUT2D eigenvalue weighted by Gasteiger charge is -2.08. The first-order chi connectivity index (χ1) is 9.10. The van der Waals surface area contributed by atoms with Gasteiger partial charge in [-0.25, -0.2) is 0 Å². The minimum Gasteiger partial charge on any atom is -0.360 e. The lowest BCUT2D eigenvalue weighted by atomic mass is 10.2. The number of halogens is 1. The van der Waals surface area contributed by atoms with Crippen molar-refractivity contribution in [3.63, 3.8) is 0 Å². The van der Waals surface area contributed by atoms with E-state index < -0.39 is 0 Å². The van der Waals surface area contributed by atoms with Gasteiger partial charge in [0.2, 0.25) is 5.91 Å². The van der Waals surface area contributed by atoms with Crippen molar-refractivity contribution in [1.29, 1.82) is 10.5 Å². The van der Waals surface area contributed by atoms with Gasteiger partial charge in [-0.15, -0.1) is 0 Å². The molecule has 0 saturated carbocycles. The molecule has 0 aliphatic rings. The zero-order chi connectivity index (χ0) is 14.3. The molecular weight excluding hydrogens is 264 g/mol. The number of carbonyl (C=O) groups is 1. The number of benzene rings is 1. The molecule has 1 aromatic rings. The van der Waals surface area contributed by atoms with Crippen molar-refractivity contribution in [2.75, 3.05) is 10.6 Å². The highest BCUT2D eigenvalue weighted by atomic mass is 35.5. The predicted octanol–water partition coefficient (Wildman–Crippen LogP) is 3.03. The lowest BCUT2D eigenvalue weighted by Crippen LogP contribution is -2.09. The Morgan fingerprint density at radius 1 is 1.42 bits per heavy atom. The summed E-state index contributed by atoms with van der Waals surface area (Å²) in [5.74, 6) is -0.126. The predicted molar refractivity (Wildman–Crippen MR) is 73.3 cm³/mol. The van der Waals surface area contributed by atoms with Crippen LogP contribution in [0.4, 0.5) is 11.4 Å². The van der Waals surface area contributed by atoms with Crippen LogP contribution in [0.15, 0.2) is 30.0 Å². The first-order valence-corrected chi connectivity index (χ1v) is 5.84. The van der Waals surface area contributed by atoms with E-state index in [4.69, 9.17) is 22.1 Å². The Morgan fingerprint density at radius 3 is 2.63 bits per heavy atom. The quantitative estimate of drug-likeness (QED) is 0.826. The molecule has 19 heavy (non-hydrogen) atoms. The summed E-state index contributed by atoms with van der Waals surface area (Å²) in [7, 11) is 0. The van der Waals surface area contributed by atoms with E-state index in [9.17, 15) is 4.79 Å². The molecule has 0 aromatic heterocycles. The van der Waals surface area contributed by atoms with E-state index in [1.807, 2.05) is 0 Å². The SMILES string of the molecule is CCC(=O)Nc1ccc(NC=C(C#N)C#N)cc1Cl. The molecule has 1 rings (SSSR count). The molecule has 0 bridgehead atoms. The Kier molecular flexibility index (Phi) is 5.40. The minimum atomic E-state index is -0.126. The van der Waals surface area contributed by atoms with Gasteiger partial charge in [0.25, 0.3) is 0 Å². The molecule has 0 heterocycles. The fourth-order valence-electron chi connectivity index (χ4n) is 1.19. The molecule has 1 amide bonds. The van der Waals surface area contributed by atoms with E-state index in [-0.39, 0.29) is 11.5 Å². The number of hydrogen-bond acceptors (Lipinski definition) is 4. The highest BCUT2D eigenvalue weighted by molar-refractivity contribution is 6.34. The highest BCUT2D eigenvalue weighted by Crippen LogP contribution is 2.25. The average Bonchev–Trinajstić information content (AvgIpc) is 2.42. The molecule has 0 radical (unpaired) electrons. The number of nitrogens with one attached hydrogen (secondary N) is 2. The van der Waals surface area contributed by atoms with Gasteiger partial charge in [-0.05, 0) is 18.2 Å². The molecule has 0 aliphatic heterocycles. The van der Waals surface area contributed by atoms with Gasteiger partial charge in [0.1, 0.15) is 17.7 Å². The van der Waals surface area contributed by atoms with Gasteiger partial charge in [0, 0.05) is 18.3 Å². The maximum atomic E-state index is 11.2. The Bertz CT molecular complexity index is 580. The minimum absolute atomic E-state index is 0.0421.